The summed E-state index contributed by atoms with van der Waals surface area (Å²) >= 11 is 0. The van der Waals surface area contributed by atoms with Crippen LogP contribution in [-0.4, -0.2) is 31.6 Å². The average molecular weight is 158 g/mol. The van der Waals surface area contributed by atoms with Crippen LogP contribution in [0.2, 0.25) is 0 Å². The molecule has 1 aliphatic rings. The number of hydrogen-bond donors (Lipinski definition) is 1. The van der Waals surface area contributed by atoms with Gasteiger partial charge in [-0.3, -0.25) is 0 Å². The molecule has 3 heteroatoms. The monoisotopic (exact) mass is 158 g/mol. The molecule has 0 aliphatic carbocycles. The molecule has 0 spiro atoms. The number of nitrogens with two attached hydrogens (primary N) is 1. The fourth-order valence-corrected chi connectivity index (χ4v) is 1.74. The zero-order valence-electron chi connectivity index (χ0n) is 7.25. The van der Waals surface area contributed by atoms with Gasteiger partial charge in [0.05, 0.1) is 6.61 Å². The molecule has 11 heavy (non-hydrogen) atoms. The molecule has 66 valence electrons. The van der Waals surface area contributed by atoms with Crippen molar-refractivity contribution < 1.29 is 4.84 Å². The molecule has 1 atom stereocenters. The van der Waals surface area contributed by atoms with E-state index in [0.29, 0.717) is 6.61 Å². The van der Waals surface area contributed by atoms with Crippen LogP contribution in [0.25, 0.3) is 0 Å². The third kappa shape index (κ3) is 3.18. The lowest BCUT2D eigenvalue weighted by atomic mass is 9.96. The number of hydrogen-bond acceptors (Lipinski definition) is 3. The van der Waals surface area contributed by atoms with Gasteiger partial charge in [0.1, 0.15) is 0 Å². The molecule has 0 aromatic rings. The Bertz CT molecular complexity index is 108. The van der Waals surface area contributed by atoms with Crippen molar-refractivity contribution in [2.24, 2.45) is 11.8 Å². The van der Waals surface area contributed by atoms with Gasteiger partial charge >= 0.3 is 0 Å². The Morgan fingerprint density at radius 2 is 2.45 bits per heavy atom. The standard InChI is InChI=1S/C8H18N2O/c1-10-5-2-3-8(7-10)4-6-11-9/h8H,2-7,9H2,1H3. The van der Waals surface area contributed by atoms with E-state index in [4.69, 9.17) is 5.90 Å². The minimum absolute atomic E-state index is 0.707. The lowest BCUT2D eigenvalue weighted by Gasteiger charge is -2.29. The Hall–Kier alpha value is -0.120. The third-order valence-corrected chi connectivity index (χ3v) is 2.37. The Morgan fingerprint density at radius 3 is 3.09 bits per heavy atom. The highest BCUT2D eigenvalue weighted by Crippen LogP contribution is 2.17. The molecule has 0 saturated carbocycles. The molecule has 0 aromatic heterocycles. The number of likely N-dealkylation sites (tertiary alicyclic amines) is 1. The summed E-state index contributed by atoms with van der Waals surface area (Å²) < 4.78 is 0. The van der Waals surface area contributed by atoms with Crippen LogP contribution in [-0.2, 0) is 4.84 Å². The fraction of sp³-hybridized carbons (Fsp3) is 1.00. The summed E-state index contributed by atoms with van der Waals surface area (Å²) in [5.41, 5.74) is 0. The molecule has 0 amide bonds. The molecular weight excluding hydrogens is 140 g/mol. The zero-order chi connectivity index (χ0) is 8.10. The first-order valence-corrected chi connectivity index (χ1v) is 4.33. The first kappa shape index (κ1) is 8.97. The van der Waals surface area contributed by atoms with Crippen molar-refractivity contribution in [1.29, 1.82) is 0 Å². The van der Waals surface area contributed by atoms with Crippen LogP contribution in [0.15, 0.2) is 0 Å². The normalized spacial score (nSPS) is 27.3. The largest absolute Gasteiger partial charge is 0.306 e. The first-order valence-electron chi connectivity index (χ1n) is 4.33. The van der Waals surface area contributed by atoms with Crippen molar-refractivity contribution in [3.63, 3.8) is 0 Å². The minimum atomic E-state index is 0.707. The van der Waals surface area contributed by atoms with Gasteiger partial charge in [-0.1, -0.05) is 0 Å². The number of rotatable bonds is 3. The van der Waals surface area contributed by atoms with Crippen molar-refractivity contribution in [3.05, 3.63) is 0 Å². The molecule has 2 N–H and O–H groups in total. The van der Waals surface area contributed by atoms with Gasteiger partial charge in [-0.15, -0.1) is 0 Å². The quantitative estimate of drug-likeness (QED) is 0.612. The SMILES string of the molecule is CN1CCCC(CCON)C1. The maximum absolute atomic E-state index is 4.97. The Labute approximate surface area is 68.5 Å². The summed E-state index contributed by atoms with van der Waals surface area (Å²) in [5.74, 6) is 5.77. The number of piperidine rings is 1. The second-order valence-corrected chi connectivity index (χ2v) is 3.43. The Morgan fingerprint density at radius 1 is 1.64 bits per heavy atom. The Balaban J connectivity index is 2.12. The van der Waals surface area contributed by atoms with Crippen molar-refractivity contribution in [1.82, 2.24) is 4.90 Å². The van der Waals surface area contributed by atoms with E-state index < -0.39 is 0 Å². The zero-order valence-corrected chi connectivity index (χ0v) is 7.25. The maximum atomic E-state index is 4.97. The molecule has 0 aromatic carbocycles. The van der Waals surface area contributed by atoms with E-state index >= 15 is 0 Å². The van der Waals surface area contributed by atoms with Crippen molar-refractivity contribution in [3.8, 4) is 0 Å². The van der Waals surface area contributed by atoms with Gasteiger partial charge in [0.2, 0.25) is 0 Å². The predicted octanol–water partition coefficient (Wildman–Crippen LogP) is 0.609. The summed E-state index contributed by atoms with van der Waals surface area (Å²) in [6.07, 6.45) is 3.78. The summed E-state index contributed by atoms with van der Waals surface area (Å²) in [7, 11) is 2.18. The van der Waals surface area contributed by atoms with Gasteiger partial charge in [-0.25, -0.2) is 5.90 Å². The lowest BCUT2D eigenvalue weighted by molar-refractivity contribution is 0.104. The van der Waals surface area contributed by atoms with Crippen LogP contribution >= 0.6 is 0 Å². The molecule has 1 saturated heterocycles. The van der Waals surface area contributed by atoms with Crippen LogP contribution in [0.3, 0.4) is 0 Å². The van der Waals surface area contributed by atoms with Crippen LogP contribution in [0.5, 0.6) is 0 Å². The summed E-state index contributed by atoms with van der Waals surface area (Å²) in [4.78, 5) is 6.94. The predicted molar refractivity (Wildman–Crippen MR) is 45.0 cm³/mol. The molecule has 0 radical (unpaired) electrons. The van der Waals surface area contributed by atoms with Gasteiger partial charge in [-0.05, 0) is 38.8 Å². The van der Waals surface area contributed by atoms with Gasteiger partial charge in [0.25, 0.3) is 0 Å². The van der Waals surface area contributed by atoms with E-state index in [2.05, 4.69) is 16.8 Å². The van der Waals surface area contributed by atoms with Crippen molar-refractivity contribution in [2.45, 2.75) is 19.3 Å². The smallest absolute Gasteiger partial charge is 0.0682 e. The second kappa shape index (κ2) is 4.70. The highest BCUT2D eigenvalue weighted by Gasteiger charge is 2.16. The summed E-state index contributed by atoms with van der Waals surface area (Å²) in [6, 6.07) is 0. The average Bonchev–Trinajstić information content (AvgIpc) is 2.01. The van der Waals surface area contributed by atoms with E-state index in [1.54, 1.807) is 0 Å². The summed E-state index contributed by atoms with van der Waals surface area (Å²) in [6.45, 7) is 3.17. The highest BCUT2D eigenvalue weighted by molar-refractivity contribution is 4.69. The van der Waals surface area contributed by atoms with Crippen LogP contribution in [0, 0.1) is 5.92 Å². The van der Waals surface area contributed by atoms with E-state index in [9.17, 15) is 0 Å². The molecule has 1 aliphatic heterocycles. The summed E-state index contributed by atoms with van der Waals surface area (Å²) in [5, 5.41) is 0. The molecule has 1 rings (SSSR count). The second-order valence-electron chi connectivity index (χ2n) is 3.43. The van der Waals surface area contributed by atoms with E-state index in [1.165, 1.54) is 25.9 Å². The van der Waals surface area contributed by atoms with Gasteiger partial charge in [0, 0.05) is 6.54 Å². The van der Waals surface area contributed by atoms with E-state index in [-0.39, 0.29) is 0 Å². The molecule has 0 bridgehead atoms. The topological polar surface area (TPSA) is 38.5 Å². The minimum Gasteiger partial charge on any atom is -0.306 e. The molecule has 1 fully saturated rings. The first-order chi connectivity index (χ1) is 5.33. The van der Waals surface area contributed by atoms with Crippen molar-refractivity contribution in [2.75, 3.05) is 26.7 Å². The third-order valence-electron chi connectivity index (χ3n) is 2.37. The van der Waals surface area contributed by atoms with Crippen molar-refractivity contribution >= 4 is 0 Å². The fourth-order valence-electron chi connectivity index (χ4n) is 1.74. The molecule has 1 heterocycles. The number of nitrogens with zero attached hydrogens (tertiary/aromatic N) is 1. The maximum Gasteiger partial charge on any atom is 0.0682 e. The molecule has 1 unspecified atom stereocenters. The Kier molecular flexibility index (Phi) is 3.83. The van der Waals surface area contributed by atoms with E-state index in [0.717, 1.165) is 12.3 Å². The molecular formula is C8H18N2O. The van der Waals surface area contributed by atoms with Gasteiger partial charge in [-0.2, -0.15) is 0 Å². The van der Waals surface area contributed by atoms with Gasteiger partial charge in [0.15, 0.2) is 0 Å². The van der Waals surface area contributed by atoms with Gasteiger partial charge < -0.3 is 9.74 Å². The van der Waals surface area contributed by atoms with E-state index in [1.807, 2.05) is 0 Å². The lowest BCUT2D eigenvalue weighted by Crippen LogP contribution is -2.32. The highest BCUT2D eigenvalue weighted by atomic mass is 16.6. The van der Waals surface area contributed by atoms with Crippen LogP contribution in [0.1, 0.15) is 19.3 Å². The molecule has 3 nitrogen and oxygen atoms in total. The van der Waals surface area contributed by atoms with Crippen LogP contribution in [0.4, 0.5) is 0 Å². The van der Waals surface area contributed by atoms with Crippen LogP contribution < -0.4 is 5.90 Å².